The number of benzene rings is 2. The number of anilines is 1. The van der Waals surface area contributed by atoms with Crippen molar-refractivity contribution in [2.45, 2.75) is 13.0 Å². The van der Waals surface area contributed by atoms with Gasteiger partial charge in [0.2, 0.25) is 5.91 Å². The molecule has 0 aliphatic carbocycles. The van der Waals surface area contributed by atoms with Crippen molar-refractivity contribution in [3.8, 4) is 6.07 Å². The van der Waals surface area contributed by atoms with Crippen molar-refractivity contribution in [3.63, 3.8) is 0 Å². The topological polar surface area (TPSA) is 69.0 Å². The Kier molecular flexibility index (Phi) is 5.08. The first-order valence-electron chi connectivity index (χ1n) is 7.92. The van der Waals surface area contributed by atoms with Gasteiger partial charge in [-0.1, -0.05) is 12.1 Å². The highest BCUT2D eigenvalue weighted by Gasteiger charge is 2.18. The lowest BCUT2D eigenvalue weighted by Gasteiger charge is -2.22. The first kappa shape index (κ1) is 17.1. The molecule has 1 heterocycles. The molecule has 0 aliphatic heterocycles. The molecule has 1 N–H and O–H groups in total. The number of thiazole rings is 1. The van der Waals surface area contributed by atoms with E-state index in [2.05, 4.69) is 22.4 Å². The second-order valence-electron chi connectivity index (χ2n) is 5.85. The van der Waals surface area contributed by atoms with Gasteiger partial charge in [-0.2, -0.15) is 5.26 Å². The highest BCUT2D eigenvalue weighted by atomic mass is 32.1. The number of nitrogens with zero attached hydrogens (tertiary/aromatic N) is 3. The van der Waals surface area contributed by atoms with Crippen molar-refractivity contribution in [3.05, 3.63) is 59.1 Å². The average molecular weight is 350 g/mol. The van der Waals surface area contributed by atoms with Crippen molar-refractivity contribution in [1.82, 2.24) is 9.88 Å². The molecule has 126 valence electrons. The molecule has 1 atom stereocenters. The van der Waals surface area contributed by atoms with Gasteiger partial charge in [0.25, 0.3) is 0 Å². The number of amides is 1. The van der Waals surface area contributed by atoms with Gasteiger partial charge in [0.1, 0.15) is 5.01 Å². The maximum Gasteiger partial charge on any atom is 0.238 e. The molecule has 0 fully saturated rings. The van der Waals surface area contributed by atoms with E-state index in [-0.39, 0.29) is 18.5 Å². The first-order chi connectivity index (χ1) is 12.1. The number of nitrogens with one attached hydrogen (secondary N) is 1. The van der Waals surface area contributed by atoms with Crippen LogP contribution in [0.4, 0.5) is 5.69 Å². The van der Waals surface area contributed by atoms with Crippen LogP contribution in [0.3, 0.4) is 0 Å². The van der Waals surface area contributed by atoms with Crippen LogP contribution in [-0.2, 0) is 4.79 Å². The molecule has 0 saturated heterocycles. The molecule has 3 rings (SSSR count). The summed E-state index contributed by atoms with van der Waals surface area (Å²) in [7, 11) is 1.91. The molecule has 5 nitrogen and oxygen atoms in total. The van der Waals surface area contributed by atoms with Gasteiger partial charge < -0.3 is 5.32 Å². The monoisotopic (exact) mass is 350 g/mol. The lowest BCUT2D eigenvalue weighted by Crippen LogP contribution is -2.32. The number of aromatic nitrogens is 1. The second-order valence-corrected chi connectivity index (χ2v) is 6.91. The third-order valence-electron chi connectivity index (χ3n) is 4.02. The summed E-state index contributed by atoms with van der Waals surface area (Å²) in [6, 6.07) is 17.0. The molecule has 6 heteroatoms. The molecule has 0 spiro atoms. The van der Waals surface area contributed by atoms with Gasteiger partial charge in [-0.3, -0.25) is 9.69 Å². The molecule has 3 aromatic rings. The number of para-hydroxylation sites is 1. The van der Waals surface area contributed by atoms with E-state index in [1.165, 1.54) is 0 Å². The van der Waals surface area contributed by atoms with Gasteiger partial charge in [-0.25, -0.2) is 4.98 Å². The molecule has 1 amide bonds. The lowest BCUT2D eigenvalue weighted by molar-refractivity contribution is -0.117. The minimum Gasteiger partial charge on any atom is -0.325 e. The van der Waals surface area contributed by atoms with Crippen LogP contribution in [-0.4, -0.2) is 29.4 Å². The Morgan fingerprint density at radius 3 is 2.68 bits per heavy atom. The maximum atomic E-state index is 12.3. The van der Waals surface area contributed by atoms with E-state index in [1.807, 2.05) is 37.1 Å². The normalized spacial score (nSPS) is 12.1. The fourth-order valence-electron chi connectivity index (χ4n) is 2.45. The van der Waals surface area contributed by atoms with Gasteiger partial charge in [0.05, 0.1) is 34.4 Å². The third kappa shape index (κ3) is 4.02. The number of hydrogen-bond donors (Lipinski definition) is 1. The van der Waals surface area contributed by atoms with Crippen LogP contribution in [0, 0.1) is 11.3 Å². The van der Waals surface area contributed by atoms with Crippen LogP contribution in [0.25, 0.3) is 10.2 Å². The van der Waals surface area contributed by atoms with Crippen molar-refractivity contribution in [1.29, 1.82) is 5.26 Å². The van der Waals surface area contributed by atoms with Gasteiger partial charge in [0, 0.05) is 5.69 Å². The number of fused-ring (bicyclic) bond motifs is 1. The van der Waals surface area contributed by atoms with Gasteiger partial charge in [0.15, 0.2) is 0 Å². The summed E-state index contributed by atoms with van der Waals surface area (Å²) in [5.74, 6) is -0.0971. The van der Waals surface area contributed by atoms with E-state index in [0.717, 1.165) is 15.2 Å². The number of rotatable bonds is 5. The van der Waals surface area contributed by atoms with Crippen molar-refractivity contribution >= 4 is 33.1 Å². The van der Waals surface area contributed by atoms with Gasteiger partial charge in [-0.05, 0) is 50.4 Å². The molecule has 0 radical (unpaired) electrons. The Balaban J connectivity index is 1.62. The number of carbonyl (C=O) groups excluding carboxylic acids is 1. The number of likely N-dealkylation sites (N-methyl/N-ethyl adjacent to an activating group) is 1. The number of hydrogen-bond acceptors (Lipinski definition) is 5. The summed E-state index contributed by atoms with van der Waals surface area (Å²) in [5.41, 5.74) is 2.24. The molecule has 0 bridgehead atoms. The Morgan fingerprint density at radius 1 is 1.28 bits per heavy atom. The SMILES string of the molecule is C[C@@H](c1nc2ccccc2s1)N(C)CC(=O)Nc1ccc(C#N)cc1. The minimum absolute atomic E-state index is 0.0455. The largest absolute Gasteiger partial charge is 0.325 e. The van der Waals surface area contributed by atoms with Crippen molar-refractivity contribution in [2.24, 2.45) is 0 Å². The van der Waals surface area contributed by atoms with Crippen LogP contribution >= 0.6 is 11.3 Å². The van der Waals surface area contributed by atoms with E-state index in [1.54, 1.807) is 35.6 Å². The summed E-state index contributed by atoms with van der Waals surface area (Å²) in [6.07, 6.45) is 0. The standard InChI is InChI=1S/C19H18N4OS/c1-13(19-22-16-5-3-4-6-17(16)25-19)23(2)12-18(24)21-15-9-7-14(11-20)8-10-15/h3-10,13H,12H2,1-2H3,(H,21,24)/t13-/m0/s1. The Morgan fingerprint density at radius 2 is 2.00 bits per heavy atom. The zero-order chi connectivity index (χ0) is 17.8. The third-order valence-corrected chi connectivity index (χ3v) is 5.23. The van der Waals surface area contributed by atoms with E-state index in [0.29, 0.717) is 11.3 Å². The van der Waals surface area contributed by atoms with Crippen LogP contribution < -0.4 is 5.32 Å². The van der Waals surface area contributed by atoms with Gasteiger partial charge >= 0.3 is 0 Å². The van der Waals surface area contributed by atoms with Crippen LogP contribution in [0.1, 0.15) is 23.5 Å². The molecular weight excluding hydrogens is 332 g/mol. The molecular formula is C19H18N4OS. The maximum absolute atomic E-state index is 12.3. The van der Waals surface area contributed by atoms with E-state index >= 15 is 0 Å². The molecule has 1 aromatic heterocycles. The highest BCUT2D eigenvalue weighted by molar-refractivity contribution is 7.18. The summed E-state index contributed by atoms with van der Waals surface area (Å²) in [5, 5.41) is 12.6. The fourth-order valence-corrected chi connectivity index (χ4v) is 3.53. The Bertz CT molecular complexity index is 893. The van der Waals surface area contributed by atoms with Crippen LogP contribution in [0.2, 0.25) is 0 Å². The Labute approximate surface area is 150 Å². The van der Waals surface area contributed by atoms with Crippen molar-refractivity contribution in [2.75, 3.05) is 18.9 Å². The fraction of sp³-hybridized carbons (Fsp3) is 0.211. The minimum atomic E-state index is -0.0971. The summed E-state index contributed by atoms with van der Waals surface area (Å²) < 4.78 is 1.15. The van der Waals surface area contributed by atoms with Crippen molar-refractivity contribution < 1.29 is 4.79 Å². The predicted octanol–water partition coefficient (Wildman–Crippen LogP) is 3.80. The molecule has 0 saturated carbocycles. The number of carbonyl (C=O) groups is 1. The average Bonchev–Trinajstić information content (AvgIpc) is 3.05. The quantitative estimate of drug-likeness (QED) is 0.760. The predicted molar refractivity (Wildman–Crippen MR) is 100 cm³/mol. The molecule has 25 heavy (non-hydrogen) atoms. The highest BCUT2D eigenvalue weighted by Crippen LogP contribution is 2.28. The van der Waals surface area contributed by atoms with Gasteiger partial charge in [-0.15, -0.1) is 11.3 Å². The van der Waals surface area contributed by atoms with E-state index in [9.17, 15) is 4.79 Å². The second kappa shape index (κ2) is 7.43. The summed E-state index contributed by atoms with van der Waals surface area (Å²) >= 11 is 1.65. The molecule has 2 aromatic carbocycles. The smallest absolute Gasteiger partial charge is 0.238 e. The Hall–Kier alpha value is -2.75. The lowest BCUT2D eigenvalue weighted by atomic mass is 10.2. The molecule has 0 aliphatic rings. The van der Waals surface area contributed by atoms with E-state index < -0.39 is 0 Å². The summed E-state index contributed by atoms with van der Waals surface area (Å²) in [4.78, 5) is 18.9. The van der Waals surface area contributed by atoms with Crippen LogP contribution in [0.5, 0.6) is 0 Å². The zero-order valence-electron chi connectivity index (χ0n) is 14.1. The van der Waals surface area contributed by atoms with E-state index in [4.69, 9.17) is 5.26 Å². The zero-order valence-corrected chi connectivity index (χ0v) is 14.9. The van der Waals surface area contributed by atoms with Crippen LogP contribution in [0.15, 0.2) is 48.5 Å². The molecule has 0 unspecified atom stereocenters. The number of nitriles is 1. The summed E-state index contributed by atoms with van der Waals surface area (Å²) in [6.45, 7) is 2.31. The first-order valence-corrected chi connectivity index (χ1v) is 8.74.